The van der Waals surface area contributed by atoms with Crippen molar-refractivity contribution >= 4 is 16.3 Å². The van der Waals surface area contributed by atoms with Gasteiger partial charge in [0.2, 0.25) is 4.96 Å². The van der Waals surface area contributed by atoms with E-state index in [-0.39, 0.29) is 5.56 Å². The molecular weight excluding hydrogens is 312 g/mol. The topological polar surface area (TPSA) is 68.3 Å². The second kappa shape index (κ2) is 5.54. The summed E-state index contributed by atoms with van der Waals surface area (Å²) in [6.07, 6.45) is 3.67. The van der Waals surface area contributed by atoms with Crippen LogP contribution in [0.3, 0.4) is 0 Å². The molecule has 0 aliphatic carbocycles. The van der Waals surface area contributed by atoms with Crippen LogP contribution < -0.4 is 5.56 Å². The molecule has 0 atom stereocenters. The van der Waals surface area contributed by atoms with Crippen LogP contribution in [0.5, 0.6) is 0 Å². The van der Waals surface area contributed by atoms with Crippen molar-refractivity contribution in [1.82, 2.24) is 29.0 Å². The van der Waals surface area contributed by atoms with Crippen molar-refractivity contribution in [2.75, 3.05) is 6.54 Å². The summed E-state index contributed by atoms with van der Waals surface area (Å²) in [5.74, 6) is 0. The van der Waals surface area contributed by atoms with Crippen LogP contribution in [-0.2, 0) is 33.0 Å². The fraction of sp³-hybridized carbons (Fsp3) is 0.467. The van der Waals surface area contributed by atoms with Crippen molar-refractivity contribution in [2.45, 2.75) is 32.9 Å². The second-order valence-electron chi connectivity index (χ2n) is 5.84. The second-order valence-corrected chi connectivity index (χ2v) is 6.88. The average molecular weight is 330 g/mol. The zero-order valence-electron chi connectivity index (χ0n) is 13.2. The van der Waals surface area contributed by atoms with Gasteiger partial charge in [0, 0.05) is 44.9 Å². The third-order valence-electron chi connectivity index (χ3n) is 4.21. The number of aromatic nitrogens is 5. The van der Waals surface area contributed by atoms with Gasteiger partial charge in [0.15, 0.2) is 0 Å². The predicted octanol–water partition coefficient (Wildman–Crippen LogP) is 1.01. The van der Waals surface area contributed by atoms with E-state index in [1.807, 2.05) is 20.3 Å². The van der Waals surface area contributed by atoms with Crippen LogP contribution in [0.25, 0.3) is 4.96 Å². The molecule has 8 heteroatoms. The number of rotatable bonds is 3. The molecule has 23 heavy (non-hydrogen) atoms. The van der Waals surface area contributed by atoms with Gasteiger partial charge in [0.25, 0.3) is 5.56 Å². The average Bonchev–Trinajstić information content (AvgIpc) is 3.11. The Kier molecular flexibility index (Phi) is 3.50. The van der Waals surface area contributed by atoms with Crippen LogP contribution in [-0.4, -0.2) is 35.6 Å². The van der Waals surface area contributed by atoms with Gasteiger partial charge in [-0.3, -0.25) is 9.69 Å². The molecule has 0 amide bonds. The normalized spacial score (nSPS) is 15.2. The lowest BCUT2D eigenvalue weighted by Crippen LogP contribution is -2.31. The zero-order chi connectivity index (χ0) is 16.0. The maximum Gasteiger partial charge on any atom is 0.275 e. The van der Waals surface area contributed by atoms with Gasteiger partial charge in [-0.25, -0.2) is 9.97 Å². The Morgan fingerprint density at radius 2 is 2.26 bits per heavy atom. The molecule has 0 fully saturated rings. The molecule has 0 saturated carbocycles. The lowest BCUT2D eigenvalue weighted by molar-refractivity contribution is 0.237. The number of imidazole rings is 1. The lowest BCUT2D eigenvalue weighted by Gasteiger charge is -2.26. The molecule has 0 spiro atoms. The quantitative estimate of drug-likeness (QED) is 0.717. The van der Waals surface area contributed by atoms with E-state index in [0.717, 1.165) is 42.3 Å². The summed E-state index contributed by atoms with van der Waals surface area (Å²) >= 11 is 1.49. The third kappa shape index (κ3) is 2.57. The predicted molar refractivity (Wildman–Crippen MR) is 87.5 cm³/mol. The standard InChI is InChI=1S/C15H18N6OS/c1-3-13-18-21-14(22)6-10(17-15(21)23-13)7-20-5-4-12-11(8-20)16-9-19(12)2/h6,9H,3-5,7-8H2,1-2H3. The van der Waals surface area contributed by atoms with Crippen LogP contribution >= 0.6 is 11.3 Å². The molecule has 120 valence electrons. The third-order valence-corrected chi connectivity index (χ3v) is 5.26. The van der Waals surface area contributed by atoms with Crippen molar-refractivity contribution < 1.29 is 0 Å². The minimum Gasteiger partial charge on any atom is -0.337 e. The van der Waals surface area contributed by atoms with E-state index < -0.39 is 0 Å². The summed E-state index contributed by atoms with van der Waals surface area (Å²) < 4.78 is 3.49. The van der Waals surface area contributed by atoms with E-state index in [1.165, 1.54) is 21.5 Å². The van der Waals surface area contributed by atoms with Crippen molar-refractivity contribution in [1.29, 1.82) is 0 Å². The number of nitrogens with zero attached hydrogens (tertiary/aromatic N) is 6. The SMILES string of the molecule is CCc1nn2c(=O)cc(CN3CCc4c(ncn4C)C3)nc2s1. The van der Waals surface area contributed by atoms with E-state index in [4.69, 9.17) is 0 Å². The van der Waals surface area contributed by atoms with Gasteiger partial charge >= 0.3 is 0 Å². The number of aryl methyl sites for hydroxylation is 2. The summed E-state index contributed by atoms with van der Waals surface area (Å²) in [5.41, 5.74) is 3.14. The molecule has 0 unspecified atom stereocenters. The molecule has 0 N–H and O–H groups in total. The van der Waals surface area contributed by atoms with Gasteiger partial charge in [-0.1, -0.05) is 18.3 Å². The lowest BCUT2D eigenvalue weighted by atomic mass is 10.1. The Bertz CT molecular complexity index is 924. The first-order valence-corrected chi connectivity index (χ1v) is 8.56. The molecular formula is C15H18N6OS. The van der Waals surface area contributed by atoms with Crippen molar-refractivity contribution in [3.8, 4) is 0 Å². The smallest absolute Gasteiger partial charge is 0.275 e. The van der Waals surface area contributed by atoms with Crippen LogP contribution in [0.15, 0.2) is 17.2 Å². The molecule has 4 rings (SSSR count). The summed E-state index contributed by atoms with van der Waals surface area (Å²) in [6, 6.07) is 1.60. The van der Waals surface area contributed by atoms with Crippen LogP contribution in [0, 0.1) is 0 Å². The molecule has 4 heterocycles. The Labute approximate surface area is 137 Å². The van der Waals surface area contributed by atoms with Crippen molar-refractivity contribution in [3.05, 3.63) is 44.8 Å². The van der Waals surface area contributed by atoms with Crippen LogP contribution in [0.4, 0.5) is 0 Å². The molecule has 1 aliphatic heterocycles. The Morgan fingerprint density at radius 1 is 1.39 bits per heavy atom. The number of hydrogen-bond acceptors (Lipinski definition) is 6. The zero-order valence-corrected chi connectivity index (χ0v) is 14.0. The molecule has 3 aromatic rings. The Balaban J connectivity index is 1.59. The first-order chi connectivity index (χ1) is 11.1. The van der Waals surface area contributed by atoms with Crippen molar-refractivity contribution in [2.24, 2.45) is 7.05 Å². The summed E-state index contributed by atoms with van der Waals surface area (Å²) in [7, 11) is 2.03. The fourth-order valence-corrected chi connectivity index (χ4v) is 3.85. The summed E-state index contributed by atoms with van der Waals surface area (Å²) in [4.78, 5) is 24.2. The minimum absolute atomic E-state index is 0.100. The van der Waals surface area contributed by atoms with Gasteiger partial charge < -0.3 is 4.57 Å². The Hall–Kier alpha value is -2.06. The highest BCUT2D eigenvalue weighted by Crippen LogP contribution is 2.19. The van der Waals surface area contributed by atoms with Gasteiger partial charge in [0.05, 0.1) is 17.7 Å². The largest absolute Gasteiger partial charge is 0.337 e. The van der Waals surface area contributed by atoms with Crippen molar-refractivity contribution in [3.63, 3.8) is 0 Å². The minimum atomic E-state index is -0.100. The first-order valence-electron chi connectivity index (χ1n) is 7.74. The Morgan fingerprint density at radius 3 is 3.09 bits per heavy atom. The van der Waals surface area contributed by atoms with Gasteiger partial charge in [-0.05, 0) is 6.42 Å². The molecule has 0 bridgehead atoms. The molecule has 7 nitrogen and oxygen atoms in total. The molecule has 0 aromatic carbocycles. The molecule has 0 radical (unpaired) electrons. The van der Waals surface area contributed by atoms with Gasteiger partial charge in [0.1, 0.15) is 5.01 Å². The van der Waals surface area contributed by atoms with Gasteiger partial charge in [-0.15, -0.1) is 0 Å². The molecule has 1 aliphatic rings. The van der Waals surface area contributed by atoms with E-state index in [9.17, 15) is 4.79 Å². The van der Waals surface area contributed by atoms with E-state index >= 15 is 0 Å². The van der Waals surface area contributed by atoms with E-state index in [1.54, 1.807) is 6.07 Å². The fourth-order valence-electron chi connectivity index (χ4n) is 3.00. The monoisotopic (exact) mass is 330 g/mol. The summed E-state index contributed by atoms with van der Waals surface area (Å²) in [6.45, 7) is 4.46. The maximum absolute atomic E-state index is 12.2. The highest BCUT2D eigenvalue weighted by molar-refractivity contribution is 7.16. The van der Waals surface area contributed by atoms with E-state index in [0.29, 0.717) is 11.5 Å². The molecule has 3 aromatic heterocycles. The van der Waals surface area contributed by atoms with Crippen LogP contribution in [0.1, 0.15) is 29.0 Å². The number of hydrogen-bond donors (Lipinski definition) is 0. The highest BCUT2D eigenvalue weighted by Gasteiger charge is 2.20. The maximum atomic E-state index is 12.2. The summed E-state index contributed by atoms with van der Waals surface area (Å²) in [5, 5.41) is 5.22. The van der Waals surface area contributed by atoms with Crippen LogP contribution in [0.2, 0.25) is 0 Å². The van der Waals surface area contributed by atoms with Gasteiger partial charge in [-0.2, -0.15) is 9.61 Å². The number of fused-ring (bicyclic) bond motifs is 2. The van der Waals surface area contributed by atoms with E-state index in [2.05, 4.69) is 24.5 Å². The highest BCUT2D eigenvalue weighted by atomic mass is 32.1. The molecule has 0 saturated heterocycles. The first kappa shape index (κ1) is 14.5.